The number of nitriles is 1. The lowest BCUT2D eigenvalue weighted by Crippen LogP contribution is -2.21. The van der Waals surface area contributed by atoms with E-state index in [1.807, 2.05) is 6.07 Å². The highest BCUT2D eigenvalue weighted by molar-refractivity contribution is 5.77. The molecule has 0 saturated heterocycles. The minimum atomic E-state index is -3.44. The van der Waals surface area contributed by atoms with Crippen molar-refractivity contribution in [2.45, 2.75) is 44.4 Å². The smallest absolute Gasteiger partial charge is 0.281 e. The molecule has 0 bridgehead atoms. The molecule has 3 aromatic rings. The van der Waals surface area contributed by atoms with Gasteiger partial charge >= 0.3 is 0 Å². The highest BCUT2D eigenvalue weighted by atomic mass is 19.3. The largest absolute Gasteiger partial charge is 0.396 e. The molecule has 0 fully saturated rings. The topological polar surface area (TPSA) is 95.8 Å². The fraction of sp³-hybridized carbons (Fsp3) is 0.292. The van der Waals surface area contributed by atoms with Gasteiger partial charge in [-0.05, 0) is 52.8 Å². The number of fused-ring (bicyclic) bond motifs is 1. The van der Waals surface area contributed by atoms with Crippen LogP contribution in [0.4, 0.5) is 23.2 Å². The zero-order valence-corrected chi connectivity index (χ0v) is 17.6. The van der Waals surface area contributed by atoms with Gasteiger partial charge in [-0.2, -0.15) is 5.26 Å². The summed E-state index contributed by atoms with van der Waals surface area (Å²) in [5, 5.41) is 20.0. The molecule has 0 saturated carbocycles. The molecule has 2 aromatic carbocycles. The molecule has 33 heavy (non-hydrogen) atoms. The number of aliphatic hydroxyl groups is 1. The number of rotatable bonds is 5. The first-order chi connectivity index (χ1) is 15.7. The highest BCUT2D eigenvalue weighted by Gasteiger charge is 2.49. The molecule has 9 heteroatoms. The van der Waals surface area contributed by atoms with E-state index in [4.69, 9.17) is 5.73 Å². The van der Waals surface area contributed by atoms with Crippen LogP contribution in [0.15, 0.2) is 36.8 Å². The maximum atomic E-state index is 14.6. The molecule has 0 radical (unpaired) electrons. The van der Waals surface area contributed by atoms with Gasteiger partial charge in [-0.15, -0.1) is 0 Å². The molecule has 2 unspecified atom stereocenters. The Hall–Kier alpha value is -3.51. The third-order valence-electron chi connectivity index (χ3n) is 5.97. The van der Waals surface area contributed by atoms with Crippen LogP contribution in [0, 0.1) is 17.1 Å². The van der Waals surface area contributed by atoms with Gasteiger partial charge in [0.15, 0.2) is 0 Å². The standard InChI is InChI=1S/C24H20F4N4O/c1-2-19(26)17-7-14(25)5-13(9-29)16(17)6-12-3-4-15(22-20(30)10-31-11-32-22)21-18(12)8-24(27,28)23(21)33/h3-5,7,10-11,19,23,33H,2,6,8,30H2,1H3. The van der Waals surface area contributed by atoms with E-state index in [0.717, 1.165) is 12.1 Å². The van der Waals surface area contributed by atoms with Crippen molar-refractivity contribution < 1.29 is 22.7 Å². The van der Waals surface area contributed by atoms with Crippen LogP contribution < -0.4 is 5.73 Å². The normalized spacial score (nSPS) is 17.4. The molecule has 3 N–H and O–H groups in total. The number of aromatic nitrogens is 2. The summed E-state index contributed by atoms with van der Waals surface area (Å²) in [6.07, 6.45) is -1.83. The fourth-order valence-electron chi connectivity index (χ4n) is 4.36. The third kappa shape index (κ3) is 3.91. The van der Waals surface area contributed by atoms with E-state index in [1.165, 1.54) is 18.6 Å². The van der Waals surface area contributed by atoms with E-state index in [2.05, 4.69) is 9.97 Å². The average molecular weight is 456 g/mol. The van der Waals surface area contributed by atoms with Crippen molar-refractivity contribution in [3.8, 4) is 17.3 Å². The number of benzene rings is 2. The molecule has 1 heterocycles. The van der Waals surface area contributed by atoms with Crippen LogP contribution in [0.5, 0.6) is 0 Å². The van der Waals surface area contributed by atoms with Gasteiger partial charge in [0.2, 0.25) is 0 Å². The van der Waals surface area contributed by atoms with E-state index < -0.39 is 30.4 Å². The number of aliphatic hydroxyl groups excluding tert-OH is 1. The minimum Gasteiger partial charge on any atom is -0.396 e. The molecule has 4 rings (SSSR count). The van der Waals surface area contributed by atoms with Crippen LogP contribution in [0.25, 0.3) is 11.3 Å². The summed E-state index contributed by atoms with van der Waals surface area (Å²) in [4.78, 5) is 7.88. The zero-order chi connectivity index (χ0) is 23.9. The SMILES string of the molecule is CCC(F)c1cc(F)cc(C#N)c1Cc1ccc(-c2ncncc2N)c2c1CC(F)(F)C2O. The van der Waals surface area contributed by atoms with Gasteiger partial charge < -0.3 is 10.8 Å². The lowest BCUT2D eigenvalue weighted by Gasteiger charge is -2.18. The second-order valence-electron chi connectivity index (χ2n) is 8.02. The van der Waals surface area contributed by atoms with Gasteiger partial charge in [0.25, 0.3) is 5.92 Å². The maximum absolute atomic E-state index is 14.6. The minimum absolute atomic E-state index is 0.0113. The molecule has 0 spiro atoms. The van der Waals surface area contributed by atoms with E-state index in [-0.39, 0.29) is 57.6 Å². The van der Waals surface area contributed by atoms with Crippen molar-refractivity contribution in [1.82, 2.24) is 9.97 Å². The van der Waals surface area contributed by atoms with Gasteiger partial charge in [0.1, 0.15) is 24.4 Å². The summed E-state index contributed by atoms with van der Waals surface area (Å²) in [6, 6.07) is 6.99. The van der Waals surface area contributed by atoms with Crippen LogP contribution >= 0.6 is 0 Å². The first kappa shape index (κ1) is 22.7. The second-order valence-corrected chi connectivity index (χ2v) is 8.02. The molecule has 0 amide bonds. The van der Waals surface area contributed by atoms with Crippen LogP contribution in [-0.2, 0) is 12.8 Å². The Labute approximate surface area is 187 Å². The number of alkyl halides is 3. The predicted molar refractivity (Wildman–Crippen MR) is 114 cm³/mol. The third-order valence-corrected chi connectivity index (χ3v) is 5.97. The quantitative estimate of drug-likeness (QED) is 0.529. The molecule has 1 aromatic heterocycles. The van der Waals surface area contributed by atoms with E-state index in [1.54, 1.807) is 13.0 Å². The van der Waals surface area contributed by atoms with Crippen molar-refractivity contribution in [2.75, 3.05) is 5.73 Å². The first-order valence-corrected chi connectivity index (χ1v) is 10.3. The summed E-state index contributed by atoms with van der Waals surface area (Å²) >= 11 is 0. The van der Waals surface area contributed by atoms with Crippen molar-refractivity contribution in [3.05, 3.63) is 76.0 Å². The number of halogens is 4. The van der Waals surface area contributed by atoms with Crippen molar-refractivity contribution >= 4 is 5.69 Å². The van der Waals surface area contributed by atoms with Gasteiger partial charge in [-0.1, -0.05) is 19.1 Å². The van der Waals surface area contributed by atoms with Gasteiger partial charge in [-0.3, -0.25) is 0 Å². The summed E-state index contributed by atoms with van der Waals surface area (Å²) < 4.78 is 57.9. The summed E-state index contributed by atoms with van der Waals surface area (Å²) in [7, 11) is 0. The van der Waals surface area contributed by atoms with Crippen molar-refractivity contribution in [2.24, 2.45) is 0 Å². The molecule has 1 aliphatic carbocycles. The van der Waals surface area contributed by atoms with Crippen LogP contribution in [-0.4, -0.2) is 21.0 Å². The Balaban J connectivity index is 1.91. The number of nitrogens with zero attached hydrogens (tertiary/aromatic N) is 3. The van der Waals surface area contributed by atoms with Gasteiger partial charge in [0.05, 0.1) is 29.2 Å². The molecular weight excluding hydrogens is 436 g/mol. The van der Waals surface area contributed by atoms with E-state index in [9.17, 15) is 27.9 Å². The average Bonchev–Trinajstić information content (AvgIpc) is 3.04. The van der Waals surface area contributed by atoms with Crippen molar-refractivity contribution in [1.29, 1.82) is 5.26 Å². The number of nitrogen functional groups attached to an aromatic ring is 1. The van der Waals surface area contributed by atoms with Crippen LogP contribution in [0.1, 0.15) is 59.0 Å². The van der Waals surface area contributed by atoms with Gasteiger partial charge in [0, 0.05) is 12.0 Å². The summed E-state index contributed by atoms with van der Waals surface area (Å²) in [5.74, 6) is -4.19. The molecule has 2 atom stereocenters. The monoisotopic (exact) mass is 456 g/mol. The molecule has 0 aliphatic heterocycles. The predicted octanol–water partition coefficient (Wildman–Crippen LogP) is 4.97. The number of nitrogens with two attached hydrogens (primary N) is 1. The Bertz CT molecular complexity index is 1270. The molecular formula is C24H20F4N4O. The Morgan fingerprint density at radius 1 is 1.33 bits per heavy atom. The zero-order valence-electron chi connectivity index (χ0n) is 17.6. The fourth-order valence-corrected chi connectivity index (χ4v) is 4.36. The number of anilines is 1. The number of hydrogen-bond donors (Lipinski definition) is 2. The van der Waals surface area contributed by atoms with E-state index in [0.29, 0.717) is 5.56 Å². The molecule has 5 nitrogen and oxygen atoms in total. The summed E-state index contributed by atoms with van der Waals surface area (Å²) in [6.45, 7) is 1.58. The number of hydrogen-bond acceptors (Lipinski definition) is 5. The highest BCUT2D eigenvalue weighted by Crippen LogP contribution is 2.49. The van der Waals surface area contributed by atoms with Gasteiger partial charge in [-0.25, -0.2) is 27.5 Å². The summed E-state index contributed by atoms with van der Waals surface area (Å²) in [5.41, 5.74) is 7.26. The Morgan fingerprint density at radius 2 is 2.09 bits per heavy atom. The Kier molecular flexibility index (Phi) is 5.80. The van der Waals surface area contributed by atoms with E-state index >= 15 is 0 Å². The maximum Gasteiger partial charge on any atom is 0.281 e. The lowest BCUT2D eigenvalue weighted by molar-refractivity contribution is -0.0966. The second kappa shape index (κ2) is 8.45. The van der Waals surface area contributed by atoms with Crippen LogP contribution in [0.3, 0.4) is 0 Å². The first-order valence-electron chi connectivity index (χ1n) is 10.3. The lowest BCUT2D eigenvalue weighted by atomic mass is 9.87. The Morgan fingerprint density at radius 3 is 2.76 bits per heavy atom. The van der Waals surface area contributed by atoms with Crippen molar-refractivity contribution in [3.63, 3.8) is 0 Å². The molecule has 170 valence electrons. The molecule has 1 aliphatic rings. The van der Waals surface area contributed by atoms with Crippen LogP contribution in [0.2, 0.25) is 0 Å².